The largest absolute Gasteiger partial charge is 0.417 e. The molecule has 0 aliphatic heterocycles. The molecule has 3 aromatic heterocycles. The average molecular weight is 313 g/mol. The van der Waals surface area contributed by atoms with Crippen molar-refractivity contribution in [2.75, 3.05) is 0 Å². The van der Waals surface area contributed by atoms with Gasteiger partial charge in [-0.25, -0.2) is 0 Å². The van der Waals surface area contributed by atoms with Crippen molar-refractivity contribution in [1.82, 2.24) is 20.2 Å². The molecule has 0 aromatic carbocycles. The highest BCUT2D eigenvalue weighted by molar-refractivity contribution is 6.33. The summed E-state index contributed by atoms with van der Waals surface area (Å²) >= 11 is 5.95. The number of aryl methyl sites for hydroxylation is 1. The van der Waals surface area contributed by atoms with Crippen LogP contribution in [-0.2, 0) is 6.18 Å². The summed E-state index contributed by atoms with van der Waals surface area (Å²) in [6.07, 6.45) is -0.621. The Morgan fingerprint density at radius 3 is 2.57 bits per heavy atom. The summed E-state index contributed by atoms with van der Waals surface area (Å²) in [6.45, 7) is 1.81. The number of nitrogens with zero attached hydrogens (tertiary/aromatic N) is 3. The van der Waals surface area contributed by atoms with Gasteiger partial charge in [-0.3, -0.25) is 15.1 Å². The predicted octanol–water partition coefficient (Wildman–Crippen LogP) is 4.00. The molecule has 0 radical (unpaired) electrons. The summed E-state index contributed by atoms with van der Waals surface area (Å²) in [6, 6.07) is 0.853. The van der Waals surface area contributed by atoms with E-state index >= 15 is 0 Å². The van der Waals surface area contributed by atoms with Crippen LogP contribution >= 0.6 is 11.6 Å². The molecule has 4 nitrogen and oxygen atoms in total. The normalized spacial score (nSPS) is 12.0. The Balaban J connectivity index is 2.20. The van der Waals surface area contributed by atoms with E-state index in [9.17, 15) is 13.2 Å². The molecule has 0 saturated heterocycles. The Morgan fingerprint density at radius 1 is 1.14 bits per heavy atom. The van der Waals surface area contributed by atoms with Crippen LogP contribution in [0.3, 0.4) is 0 Å². The minimum Gasteiger partial charge on any atom is -0.277 e. The molecular formula is C13H8ClF3N4. The molecule has 3 aromatic rings. The van der Waals surface area contributed by atoms with Crippen molar-refractivity contribution in [3.63, 3.8) is 0 Å². The van der Waals surface area contributed by atoms with Gasteiger partial charge in [0.15, 0.2) is 0 Å². The second-order valence-electron chi connectivity index (χ2n) is 4.47. The number of pyridine rings is 2. The first-order valence-electron chi connectivity index (χ1n) is 5.89. The van der Waals surface area contributed by atoms with Gasteiger partial charge in [0.25, 0.3) is 0 Å². The third-order valence-electron chi connectivity index (χ3n) is 3.11. The topological polar surface area (TPSA) is 54.5 Å². The molecule has 3 rings (SSSR count). The van der Waals surface area contributed by atoms with E-state index in [2.05, 4.69) is 20.2 Å². The van der Waals surface area contributed by atoms with Crippen LogP contribution < -0.4 is 0 Å². The van der Waals surface area contributed by atoms with Gasteiger partial charge in [-0.15, -0.1) is 0 Å². The van der Waals surface area contributed by atoms with Crippen molar-refractivity contribution in [1.29, 1.82) is 0 Å². The number of nitrogens with one attached hydrogen (secondary N) is 1. The van der Waals surface area contributed by atoms with E-state index < -0.39 is 11.7 Å². The number of hydrogen-bond donors (Lipinski definition) is 1. The van der Waals surface area contributed by atoms with Gasteiger partial charge in [-0.2, -0.15) is 18.3 Å². The summed E-state index contributed by atoms with van der Waals surface area (Å²) in [4.78, 5) is 8.02. The van der Waals surface area contributed by atoms with E-state index in [4.69, 9.17) is 11.6 Å². The van der Waals surface area contributed by atoms with Crippen LogP contribution in [0, 0.1) is 6.92 Å². The lowest BCUT2D eigenvalue weighted by Crippen LogP contribution is -2.06. The van der Waals surface area contributed by atoms with Crippen LogP contribution in [0.5, 0.6) is 0 Å². The van der Waals surface area contributed by atoms with Crippen molar-refractivity contribution in [2.24, 2.45) is 0 Å². The second kappa shape index (κ2) is 4.70. The quantitative estimate of drug-likeness (QED) is 0.739. The number of H-pyrrole nitrogens is 1. The first kappa shape index (κ1) is 13.8. The lowest BCUT2D eigenvalue weighted by molar-refractivity contribution is -0.137. The Bertz CT molecular complexity index is 826. The monoisotopic (exact) mass is 312 g/mol. The van der Waals surface area contributed by atoms with Crippen LogP contribution in [0.2, 0.25) is 5.02 Å². The molecule has 0 aliphatic rings. The molecule has 0 saturated carbocycles. The molecule has 0 aliphatic carbocycles. The molecule has 0 amide bonds. The zero-order chi connectivity index (χ0) is 15.2. The van der Waals surface area contributed by atoms with Gasteiger partial charge < -0.3 is 0 Å². The minimum absolute atomic E-state index is 0.0913. The lowest BCUT2D eigenvalue weighted by Gasteiger charge is -2.10. The van der Waals surface area contributed by atoms with E-state index in [1.54, 1.807) is 6.20 Å². The summed E-state index contributed by atoms with van der Waals surface area (Å²) < 4.78 is 37.9. The van der Waals surface area contributed by atoms with Crippen LogP contribution in [0.25, 0.3) is 22.2 Å². The summed E-state index contributed by atoms with van der Waals surface area (Å²) in [5.41, 5.74) is 1.23. The number of halogens is 4. The van der Waals surface area contributed by atoms with Crippen molar-refractivity contribution < 1.29 is 13.2 Å². The SMILES string of the molecule is Cc1ncc(-c2ncc(C(F)(F)F)cc2Cl)c2[nH]ncc12. The number of fused-ring (bicyclic) bond motifs is 1. The van der Waals surface area contributed by atoms with Gasteiger partial charge in [0.2, 0.25) is 0 Å². The minimum atomic E-state index is -4.48. The maximum absolute atomic E-state index is 12.6. The van der Waals surface area contributed by atoms with Crippen molar-refractivity contribution in [3.05, 3.63) is 40.9 Å². The van der Waals surface area contributed by atoms with Crippen molar-refractivity contribution in [2.45, 2.75) is 13.1 Å². The molecule has 1 N–H and O–H groups in total. The van der Waals surface area contributed by atoms with Crippen LogP contribution in [-0.4, -0.2) is 20.2 Å². The molecule has 0 unspecified atom stereocenters. The number of aromatic nitrogens is 4. The molecule has 8 heteroatoms. The lowest BCUT2D eigenvalue weighted by atomic mass is 10.1. The first-order valence-corrected chi connectivity index (χ1v) is 6.27. The second-order valence-corrected chi connectivity index (χ2v) is 4.88. The van der Waals surface area contributed by atoms with Crippen molar-refractivity contribution >= 4 is 22.5 Å². The summed E-state index contributed by atoms with van der Waals surface area (Å²) in [7, 11) is 0. The van der Waals surface area contributed by atoms with Crippen LogP contribution in [0.15, 0.2) is 24.7 Å². The van der Waals surface area contributed by atoms with Gasteiger partial charge in [-0.1, -0.05) is 11.6 Å². The van der Waals surface area contributed by atoms with Gasteiger partial charge >= 0.3 is 6.18 Å². The van der Waals surface area contributed by atoms with Gasteiger partial charge in [0, 0.05) is 29.0 Å². The average Bonchev–Trinajstić information content (AvgIpc) is 2.89. The number of alkyl halides is 3. The van der Waals surface area contributed by atoms with Crippen LogP contribution in [0.1, 0.15) is 11.3 Å². The Hall–Kier alpha value is -2.15. The van der Waals surface area contributed by atoms with Crippen molar-refractivity contribution in [3.8, 4) is 11.3 Å². The van der Waals surface area contributed by atoms with E-state index in [1.165, 1.54) is 6.20 Å². The first-order chi connectivity index (χ1) is 9.88. The highest BCUT2D eigenvalue weighted by atomic mass is 35.5. The molecule has 21 heavy (non-hydrogen) atoms. The molecule has 0 atom stereocenters. The van der Waals surface area contributed by atoms with Gasteiger partial charge in [-0.05, 0) is 13.0 Å². The summed E-state index contributed by atoms with van der Waals surface area (Å²) in [5, 5.41) is 7.39. The smallest absolute Gasteiger partial charge is 0.277 e. The molecule has 0 spiro atoms. The third-order valence-corrected chi connectivity index (χ3v) is 3.40. The number of aromatic amines is 1. The fraction of sp³-hybridized carbons (Fsp3) is 0.154. The van der Waals surface area contributed by atoms with Crippen LogP contribution in [0.4, 0.5) is 13.2 Å². The zero-order valence-electron chi connectivity index (χ0n) is 10.7. The molecule has 108 valence electrons. The Kier molecular flexibility index (Phi) is 3.09. The number of rotatable bonds is 1. The molecule has 3 heterocycles. The van der Waals surface area contributed by atoms with E-state index in [0.717, 1.165) is 23.3 Å². The molecule has 0 fully saturated rings. The predicted molar refractivity (Wildman–Crippen MR) is 71.9 cm³/mol. The fourth-order valence-electron chi connectivity index (χ4n) is 2.03. The molecular weight excluding hydrogens is 305 g/mol. The maximum atomic E-state index is 12.6. The maximum Gasteiger partial charge on any atom is 0.417 e. The van der Waals surface area contributed by atoms with Gasteiger partial charge in [0.05, 0.1) is 28.0 Å². The van der Waals surface area contributed by atoms with E-state index in [0.29, 0.717) is 11.1 Å². The Labute approximate surface area is 122 Å². The third kappa shape index (κ3) is 2.33. The highest BCUT2D eigenvalue weighted by Gasteiger charge is 2.31. The fourth-order valence-corrected chi connectivity index (χ4v) is 2.30. The van der Waals surface area contributed by atoms with E-state index in [1.807, 2.05) is 6.92 Å². The number of hydrogen-bond acceptors (Lipinski definition) is 3. The standard InChI is InChI=1S/C13H8ClF3N4/c1-6-8-5-20-21-11(8)9(4-18-6)12-10(14)2-7(3-19-12)13(15,16)17/h2-5H,1H3,(H,20,21). The molecule has 0 bridgehead atoms. The summed E-state index contributed by atoms with van der Waals surface area (Å²) in [5.74, 6) is 0. The van der Waals surface area contributed by atoms with Gasteiger partial charge in [0.1, 0.15) is 0 Å². The highest BCUT2D eigenvalue weighted by Crippen LogP contribution is 2.35. The zero-order valence-corrected chi connectivity index (χ0v) is 11.4. The Morgan fingerprint density at radius 2 is 1.90 bits per heavy atom. The van der Waals surface area contributed by atoms with E-state index in [-0.39, 0.29) is 10.7 Å².